The average Bonchev–Trinajstić information content (AvgIpc) is 2.99. The van der Waals surface area contributed by atoms with Gasteiger partial charge < -0.3 is 0 Å². The van der Waals surface area contributed by atoms with Crippen LogP contribution in [-0.4, -0.2) is 51.8 Å². The second-order valence-electron chi connectivity index (χ2n) is 7.69. The van der Waals surface area contributed by atoms with E-state index in [1.807, 2.05) is 0 Å². The Morgan fingerprint density at radius 2 is 1.53 bits per heavy atom. The van der Waals surface area contributed by atoms with Gasteiger partial charge in [-0.2, -0.15) is 4.31 Å². The fourth-order valence-electron chi connectivity index (χ4n) is 4.03. The first-order valence-electron chi connectivity index (χ1n) is 10.0. The SMILES string of the molecule is O=C1CCC(=O)N1c1ccc(S(=O)(=O)N2CCC(c3ccccc3Cl)S(=O)(=O)CC2)cc1. The molecule has 0 aromatic heterocycles. The lowest BCUT2D eigenvalue weighted by Gasteiger charge is -2.20. The van der Waals surface area contributed by atoms with Crippen LogP contribution in [0.15, 0.2) is 53.4 Å². The molecular weight excluding hydrogens is 476 g/mol. The lowest BCUT2D eigenvalue weighted by Crippen LogP contribution is -2.33. The van der Waals surface area contributed by atoms with E-state index in [1.54, 1.807) is 24.3 Å². The third-order valence-corrected chi connectivity index (χ3v) is 10.1. The number of carbonyl (C=O) groups excluding carboxylic acids is 2. The van der Waals surface area contributed by atoms with Gasteiger partial charge in [-0.25, -0.2) is 16.8 Å². The minimum atomic E-state index is -3.97. The van der Waals surface area contributed by atoms with Crippen LogP contribution in [0.2, 0.25) is 5.02 Å². The maximum atomic E-state index is 13.2. The predicted molar refractivity (Wildman–Crippen MR) is 120 cm³/mol. The third-order valence-electron chi connectivity index (χ3n) is 5.74. The van der Waals surface area contributed by atoms with E-state index in [-0.39, 0.29) is 54.8 Å². The van der Waals surface area contributed by atoms with Gasteiger partial charge >= 0.3 is 0 Å². The number of nitrogens with zero attached hydrogens (tertiary/aromatic N) is 2. The maximum absolute atomic E-state index is 13.2. The Labute approximate surface area is 191 Å². The molecule has 8 nitrogen and oxygen atoms in total. The predicted octanol–water partition coefficient (Wildman–Crippen LogP) is 2.54. The molecule has 2 aliphatic heterocycles. The van der Waals surface area contributed by atoms with E-state index in [4.69, 9.17) is 11.6 Å². The number of carbonyl (C=O) groups is 2. The molecule has 11 heteroatoms. The van der Waals surface area contributed by atoms with Crippen molar-refractivity contribution >= 4 is 49.0 Å². The van der Waals surface area contributed by atoms with E-state index >= 15 is 0 Å². The number of sulfonamides is 1. The van der Waals surface area contributed by atoms with Crippen LogP contribution in [0.25, 0.3) is 0 Å². The number of halogens is 1. The number of imide groups is 1. The minimum Gasteiger partial charge on any atom is -0.274 e. The zero-order chi connectivity index (χ0) is 23.1. The Balaban J connectivity index is 1.58. The van der Waals surface area contributed by atoms with Crippen molar-refractivity contribution in [2.24, 2.45) is 0 Å². The fraction of sp³-hybridized carbons (Fsp3) is 0.333. The van der Waals surface area contributed by atoms with Crippen LogP contribution in [0.3, 0.4) is 0 Å². The minimum absolute atomic E-state index is 0.0162. The summed E-state index contributed by atoms with van der Waals surface area (Å²) < 4.78 is 53.2. The van der Waals surface area contributed by atoms with E-state index in [1.165, 1.54) is 24.3 Å². The number of anilines is 1. The largest absolute Gasteiger partial charge is 0.274 e. The first-order chi connectivity index (χ1) is 15.1. The van der Waals surface area contributed by atoms with Gasteiger partial charge in [0.15, 0.2) is 9.84 Å². The average molecular weight is 497 g/mol. The fourth-order valence-corrected chi connectivity index (χ4v) is 7.75. The summed E-state index contributed by atoms with van der Waals surface area (Å²) in [5.74, 6) is -0.973. The Kier molecular flexibility index (Phi) is 6.15. The molecular formula is C21H21ClN2O6S2. The standard InChI is InChI=1S/C21H21ClN2O6S2/c22-18-4-2-1-3-17(18)19-11-12-23(13-14-31(19,27)28)32(29,30)16-7-5-15(6-8-16)24-20(25)9-10-21(24)26/h1-8,19H,9-14H2. The first kappa shape index (κ1) is 22.9. The van der Waals surface area contributed by atoms with Crippen molar-refractivity contribution in [2.75, 3.05) is 23.7 Å². The molecule has 2 amide bonds. The normalized spacial score (nSPS) is 22.2. The molecule has 32 heavy (non-hydrogen) atoms. The van der Waals surface area contributed by atoms with Crippen LogP contribution in [-0.2, 0) is 29.4 Å². The smallest absolute Gasteiger partial charge is 0.243 e. The molecule has 0 saturated carbocycles. The Bertz CT molecular complexity index is 1260. The second kappa shape index (κ2) is 8.58. The summed E-state index contributed by atoms with van der Waals surface area (Å²) in [5, 5.41) is -0.551. The van der Waals surface area contributed by atoms with Crippen LogP contribution >= 0.6 is 11.6 Å². The number of hydrogen-bond donors (Lipinski definition) is 0. The van der Waals surface area contributed by atoms with Crippen LogP contribution in [0, 0.1) is 0 Å². The van der Waals surface area contributed by atoms with Crippen LogP contribution in [0.4, 0.5) is 5.69 Å². The molecule has 0 radical (unpaired) electrons. The molecule has 0 spiro atoms. The van der Waals surface area contributed by atoms with Crippen molar-refractivity contribution in [2.45, 2.75) is 29.4 Å². The van der Waals surface area contributed by atoms with Crippen molar-refractivity contribution in [3.63, 3.8) is 0 Å². The van der Waals surface area contributed by atoms with E-state index in [0.717, 1.165) is 9.21 Å². The monoisotopic (exact) mass is 496 g/mol. The maximum Gasteiger partial charge on any atom is 0.243 e. The van der Waals surface area contributed by atoms with Crippen molar-refractivity contribution in [1.82, 2.24) is 4.31 Å². The lowest BCUT2D eigenvalue weighted by molar-refractivity contribution is -0.121. The molecule has 2 saturated heterocycles. The van der Waals surface area contributed by atoms with Crippen molar-refractivity contribution in [3.8, 4) is 0 Å². The zero-order valence-electron chi connectivity index (χ0n) is 17.0. The number of rotatable bonds is 4. The van der Waals surface area contributed by atoms with Gasteiger partial charge in [0.1, 0.15) is 0 Å². The van der Waals surface area contributed by atoms with E-state index in [2.05, 4.69) is 0 Å². The van der Waals surface area contributed by atoms with Crippen LogP contribution < -0.4 is 4.90 Å². The lowest BCUT2D eigenvalue weighted by atomic mass is 10.1. The molecule has 170 valence electrons. The van der Waals surface area contributed by atoms with E-state index in [0.29, 0.717) is 16.3 Å². The van der Waals surface area contributed by atoms with Gasteiger partial charge in [-0.15, -0.1) is 0 Å². The molecule has 2 heterocycles. The summed E-state index contributed by atoms with van der Waals surface area (Å²) in [4.78, 5) is 24.8. The van der Waals surface area contributed by atoms with Crippen LogP contribution in [0.5, 0.6) is 0 Å². The summed E-state index contributed by atoms with van der Waals surface area (Å²) in [5.41, 5.74) is 0.784. The number of amides is 2. The highest BCUT2D eigenvalue weighted by molar-refractivity contribution is 7.92. The molecule has 2 fully saturated rings. The Morgan fingerprint density at radius 1 is 0.906 bits per heavy atom. The highest BCUT2D eigenvalue weighted by atomic mass is 35.5. The van der Waals surface area contributed by atoms with Gasteiger partial charge in [-0.05, 0) is 42.3 Å². The third kappa shape index (κ3) is 4.19. The Morgan fingerprint density at radius 3 is 2.16 bits per heavy atom. The van der Waals surface area contributed by atoms with Gasteiger partial charge in [0, 0.05) is 31.0 Å². The summed E-state index contributed by atoms with van der Waals surface area (Å²) in [7, 11) is -7.58. The summed E-state index contributed by atoms with van der Waals surface area (Å²) in [6.07, 6.45) is 0.349. The molecule has 0 bridgehead atoms. The summed E-state index contributed by atoms with van der Waals surface area (Å²) >= 11 is 6.20. The van der Waals surface area contributed by atoms with Gasteiger partial charge in [0.25, 0.3) is 0 Å². The summed E-state index contributed by atoms with van der Waals surface area (Å²) in [6, 6.07) is 12.1. The second-order valence-corrected chi connectivity index (χ2v) is 12.3. The van der Waals surface area contributed by atoms with Gasteiger partial charge in [-0.3, -0.25) is 14.5 Å². The number of sulfone groups is 1. The molecule has 4 rings (SSSR count). The van der Waals surface area contributed by atoms with Gasteiger partial charge in [0.2, 0.25) is 21.8 Å². The molecule has 2 aromatic rings. The van der Waals surface area contributed by atoms with Crippen molar-refractivity contribution in [1.29, 1.82) is 0 Å². The van der Waals surface area contributed by atoms with Crippen molar-refractivity contribution < 1.29 is 26.4 Å². The molecule has 2 aromatic carbocycles. The highest BCUT2D eigenvalue weighted by Gasteiger charge is 2.37. The van der Waals surface area contributed by atoms with Gasteiger partial charge in [0.05, 0.1) is 21.6 Å². The molecule has 1 atom stereocenters. The van der Waals surface area contributed by atoms with E-state index in [9.17, 15) is 26.4 Å². The first-order valence-corrected chi connectivity index (χ1v) is 13.6. The topological polar surface area (TPSA) is 109 Å². The van der Waals surface area contributed by atoms with E-state index < -0.39 is 25.1 Å². The highest BCUT2D eigenvalue weighted by Crippen LogP contribution is 2.35. The number of hydrogen-bond acceptors (Lipinski definition) is 6. The molecule has 2 aliphatic rings. The van der Waals surface area contributed by atoms with Crippen molar-refractivity contribution in [3.05, 3.63) is 59.1 Å². The Hall–Kier alpha value is -2.27. The van der Waals surface area contributed by atoms with Gasteiger partial charge in [-0.1, -0.05) is 29.8 Å². The quantitative estimate of drug-likeness (QED) is 0.602. The molecule has 1 unspecified atom stereocenters. The zero-order valence-corrected chi connectivity index (χ0v) is 19.4. The summed E-state index contributed by atoms with van der Waals surface area (Å²) in [6.45, 7) is -0.154. The molecule has 0 aliphatic carbocycles. The number of benzene rings is 2. The molecule has 0 N–H and O–H groups in total. The van der Waals surface area contributed by atoms with Crippen LogP contribution in [0.1, 0.15) is 30.1 Å².